The van der Waals surface area contributed by atoms with E-state index < -0.39 is 5.97 Å². The van der Waals surface area contributed by atoms with Crippen LogP contribution in [0.5, 0.6) is 5.75 Å². The molecule has 0 aromatic heterocycles. The Balaban J connectivity index is 2.20. The number of fused-ring (bicyclic) bond motifs is 1. The minimum absolute atomic E-state index is 0.147. The van der Waals surface area contributed by atoms with Crippen LogP contribution in [0.3, 0.4) is 0 Å². The maximum absolute atomic E-state index is 14.1. The fourth-order valence-electron chi connectivity index (χ4n) is 2.45. The van der Waals surface area contributed by atoms with Gasteiger partial charge in [-0.25, -0.2) is 9.18 Å². The van der Waals surface area contributed by atoms with Crippen LogP contribution in [0, 0.1) is 5.82 Å². The number of hydrogen-bond acceptors (Lipinski definition) is 2. The number of carbonyl (C=O) groups is 1. The highest BCUT2D eigenvalue weighted by atomic mass is 19.1. The molecule has 1 aliphatic rings. The van der Waals surface area contributed by atoms with Crippen LogP contribution in [0.25, 0.3) is 5.57 Å². The van der Waals surface area contributed by atoms with Crippen molar-refractivity contribution in [2.75, 3.05) is 0 Å². The lowest BCUT2D eigenvalue weighted by Gasteiger charge is -2.24. The first-order chi connectivity index (χ1) is 10.1. The monoisotopic (exact) mass is 284 g/mol. The first-order valence-electron chi connectivity index (χ1n) is 6.57. The molecule has 1 unspecified atom stereocenters. The molecule has 21 heavy (non-hydrogen) atoms. The third-order valence-corrected chi connectivity index (χ3v) is 3.39. The summed E-state index contributed by atoms with van der Waals surface area (Å²) in [6.07, 6.45) is 1.59. The smallest absolute Gasteiger partial charge is 0.335 e. The molecule has 0 amide bonds. The summed E-state index contributed by atoms with van der Waals surface area (Å²) in [6.45, 7) is 1.86. The Morgan fingerprint density at radius 3 is 2.67 bits per heavy atom. The van der Waals surface area contributed by atoms with E-state index in [9.17, 15) is 9.18 Å². The van der Waals surface area contributed by atoms with Crippen LogP contribution in [0.1, 0.15) is 28.4 Å². The van der Waals surface area contributed by atoms with E-state index in [1.165, 1.54) is 18.2 Å². The average molecular weight is 284 g/mol. The van der Waals surface area contributed by atoms with E-state index >= 15 is 0 Å². The van der Waals surface area contributed by atoms with Gasteiger partial charge in [-0.2, -0.15) is 0 Å². The second-order valence-electron chi connectivity index (χ2n) is 4.90. The molecule has 0 saturated carbocycles. The molecule has 0 fully saturated rings. The van der Waals surface area contributed by atoms with Crippen molar-refractivity contribution in [3.63, 3.8) is 0 Å². The Hall–Kier alpha value is -2.62. The summed E-state index contributed by atoms with van der Waals surface area (Å²) in [7, 11) is 0. The van der Waals surface area contributed by atoms with E-state index in [0.29, 0.717) is 22.4 Å². The normalized spacial score (nSPS) is 16.7. The van der Waals surface area contributed by atoms with Gasteiger partial charge in [0.2, 0.25) is 0 Å². The average Bonchev–Trinajstić information content (AvgIpc) is 2.46. The zero-order valence-electron chi connectivity index (χ0n) is 11.3. The van der Waals surface area contributed by atoms with Gasteiger partial charge in [0.15, 0.2) is 0 Å². The predicted octanol–water partition coefficient (Wildman–Crippen LogP) is 3.74. The van der Waals surface area contributed by atoms with E-state index in [2.05, 4.69) is 0 Å². The molecule has 1 N–H and O–H groups in total. The lowest BCUT2D eigenvalue weighted by molar-refractivity contribution is 0.0697. The van der Waals surface area contributed by atoms with Crippen molar-refractivity contribution < 1.29 is 19.0 Å². The number of halogens is 1. The Morgan fingerprint density at radius 1 is 1.19 bits per heavy atom. The first kappa shape index (κ1) is 13.4. The second kappa shape index (κ2) is 5.05. The lowest BCUT2D eigenvalue weighted by atomic mass is 9.92. The zero-order chi connectivity index (χ0) is 15.0. The van der Waals surface area contributed by atoms with Gasteiger partial charge >= 0.3 is 5.97 Å². The number of carboxylic acids is 1. The molecule has 1 atom stereocenters. The van der Waals surface area contributed by atoms with E-state index in [4.69, 9.17) is 9.84 Å². The highest BCUT2D eigenvalue weighted by Gasteiger charge is 2.22. The Bertz CT molecular complexity index is 749. The van der Waals surface area contributed by atoms with Crippen LogP contribution in [-0.4, -0.2) is 17.2 Å². The molecule has 0 aliphatic carbocycles. The maximum atomic E-state index is 14.1. The molecular formula is C17H13FO3. The number of rotatable bonds is 2. The van der Waals surface area contributed by atoms with Crippen molar-refractivity contribution in [1.29, 1.82) is 0 Å². The van der Waals surface area contributed by atoms with Crippen LogP contribution in [0.15, 0.2) is 48.5 Å². The molecule has 3 rings (SSSR count). The van der Waals surface area contributed by atoms with E-state index in [1.54, 1.807) is 30.3 Å². The van der Waals surface area contributed by atoms with Gasteiger partial charge < -0.3 is 9.84 Å². The third kappa shape index (κ3) is 2.40. The van der Waals surface area contributed by atoms with Crippen LogP contribution >= 0.6 is 0 Å². The van der Waals surface area contributed by atoms with Crippen molar-refractivity contribution in [2.24, 2.45) is 0 Å². The standard InChI is InChI=1S/C17H13FO3/c1-10-8-13(12-4-2-3-5-15(12)18)14-9-11(17(19)20)6-7-16(14)21-10/h2-10H,1H3,(H,19,20). The van der Waals surface area contributed by atoms with Gasteiger partial charge in [0.1, 0.15) is 17.7 Å². The molecule has 0 spiro atoms. The molecule has 0 bridgehead atoms. The fraction of sp³-hybridized carbons (Fsp3) is 0.118. The van der Waals surface area contributed by atoms with Crippen molar-refractivity contribution in [3.05, 3.63) is 71.0 Å². The van der Waals surface area contributed by atoms with Gasteiger partial charge in [0.05, 0.1) is 5.56 Å². The van der Waals surface area contributed by atoms with Gasteiger partial charge in [0.25, 0.3) is 0 Å². The molecule has 2 aromatic carbocycles. The summed E-state index contributed by atoms with van der Waals surface area (Å²) < 4.78 is 19.7. The third-order valence-electron chi connectivity index (χ3n) is 3.39. The largest absolute Gasteiger partial charge is 0.486 e. The lowest BCUT2D eigenvalue weighted by Crippen LogP contribution is -2.16. The summed E-state index contributed by atoms with van der Waals surface area (Å²) >= 11 is 0. The number of hydrogen-bond donors (Lipinski definition) is 1. The Morgan fingerprint density at radius 2 is 1.95 bits per heavy atom. The zero-order valence-corrected chi connectivity index (χ0v) is 11.3. The van der Waals surface area contributed by atoms with Crippen LogP contribution in [0.2, 0.25) is 0 Å². The van der Waals surface area contributed by atoms with Crippen molar-refractivity contribution >= 4 is 11.5 Å². The van der Waals surface area contributed by atoms with Gasteiger partial charge in [-0.3, -0.25) is 0 Å². The molecule has 1 heterocycles. The van der Waals surface area contributed by atoms with Gasteiger partial charge in [-0.15, -0.1) is 0 Å². The highest BCUT2D eigenvalue weighted by molar-refractivity contribution is 5.92. The second-order valence-corrected chi connectivity index (χ2v) is 4.90. The highest BCUT2D eigenvalue weighted by Crippen LogP contribution is 2.37. The number of aromatic carboxylic acids is 1. The number of benzene rings is 2. The van der Waals surface area contributed by atoms with Crippen molar-refractivity contribution in [3.8, 4) is 5.75 Å². The molecule has 106 valence electrons. The topological polar surface area (TPSA) is 46.5 Å². The molecule has 1 aliphatic heterocycles. The minimum Gasteiger partial charge on any atom is -0.486 e. The summed E-state index contributed by atoms with van der Waals surface area (Å²) in [5, 5.41) is 9.12. The van der Waals surface area contributed by atoms with Crippen molar-refractivity contribution in [2.45, 2.75) is 13.0 Å². The molecule has 0 radical (unpaired) electrons. The molecule has 0 saturated heterocycles. The fourth-order valence-corrected chi connectivity index (χ4v) is 2.45. The maximum Gasteiger partial charge on any atom is 0.335 e. The molecular weight excluding hydrogens is 271 g/mol. The molecule has 2 aromatic rings. The summed E-state index contributed by atoms with van der Waals surface area (Å²) in [6, 6.07) is 11.0. The van der Waals surface area contributed by atoms with Crippen LogP contribution in [-0.2, 0) is 0 Å². The first-order valence-corrected chi connectivity index (χ1v) is 6.57. The molecule has 4 heteroatoms. The Labute approximate surface area is 121 Å². The van der Waals surface area contributed by atoms with E-state index in [1.807, 2.05) is 6.92 Å². The van der Waals surface area contributed by atoms with Gasteiger partial charge in [0, 0.05) is 11.1 Å². The minimum atomic E-state index is -1.02. The predicted molar refractivity (Wildman–Crippen MR) is 77.0 cm³/mol. The number of carboxylic acid groups (broad SMARTS) is 1. The summed E-state index contributed by atoms with van der Waals surface area (Å²) in [5.74, 6) is -0.804. The molecule has 3 nitrogen and oxygen atoms in total. The summed E-state index contributed by atoms with van der Waals surface area (Å²) in [4.78, 5) is 11.1. The van der Waals surface area contributed by atoms with Crippen molar-refractivity contribution in [1.82, 2.24) is 0 Å². The van der Waals surface area contributed by atoms with Gasteiger partial charge in [-0.05, 0) is 42.8 Å². The van der Waals surface area contributed by atoms with Crippen LogP contribution < -0.4 is 4.74 Å². The number of ether oxygens (including phenoxy) is 1. The van der Waals surface area contributed by atoms with E-state index in [-0.39, 0.29) is 17.5 Å². The van der Waals surface area contributed by atoms with Crippen LogP contribution in [0.4, 0.5) is 4.39 Å². The van der Waals surface area contributed by atoms with E-state index in [0.717, 1.165) is 0 Å². The van der Waals surface area contributed by atoms with Gasteiger partial charge in [-0.1, -0.05) is 18.2 Å². The SMILES string of the molecule is CC1C=C(c2ccccc2F)c2cc(C(=O)O)ccc2O1. The Kier molecular flexibility index (Phi) is 3.22. The summed E-state index contributed by atoms with van der Waals surface area (Å²) in [5.41, 5.74) is 1.84. The quantitative estimate of drug-likeness (QED) is 0.913.